The fourth-order valence-electron chi connectivity index (χ4n) is 1.91. The molecule has 21 heavy (non-hydrogen) atoms. The Morgan fingerprint density at radius 3 is 2.81 bits per heavy atom. The normalized spacial score (nSPS) is 10.4. The Morgan fingerprint density at radius 2 is 2.10 bits per heavy atom. The SMILES string of the molecule is CCCc1nc(Cl)cc(NCc2ccccc2[N+](=O)[O-])n1. The van der Waals surface area contributed by atoms with Gasteiger partial charge in [0.25, 0.3) is 5.69 Å². The molecule has 0 amide bonds. The van der Waals surface area contributed by atoms with Crippen molar-refractivity contribution in [3.63, 3.8) is 0 Å². The highest BCUT2D eigenvalue weighted by molar-refractivity contribution is 6.29. The molecular weight excluding hydrogens is 292 g/mol. The summed E-state index contributed by atoms with van der Waals surface area (Å²) in [6.45, 7) is 2.33. The number of para-hydroxylation sites is 1. The van der Waals surface area contributed by atoms with E-state index in [-0.39, 0.29) is 5.69 Å². The number of benzene rings is 1. The second kappa shape index (κ2) is 6.99. The third-order valence-corrected chi connectivity index (χ3v) is 3.06. The van der Waals surface area contributed by atoms with Crippen LogP contribution >= 0.6 is 11.6 Å². The molecule has 0 bridgehead atoms. The van der Waals surface area contributed by atoms with Crippen molar-refractivity contribution in [3.8, 4) is 0 Å². The minimum Gasteiger partial charge on any atom is -0.366 e. The van der Waals surface area contributed by atoms with E-state index >= 15 is 0 Å². The number of hydrogen-bond acceptors (Lipinski definition) is 5. The minimum absolute atomic E-state index is 0.0823. The van der Waals surface area contributed by atoms with Crippen LogP contribution in [0.25, 0.3) is 0 Å². The maximum Gasteiger partial charge on any atom is 0.274 e. The zero-order valence-corrected chi connectivity index (χ0v) is 12.3. The van der Waals surface area contributed by atoms with Gasteiger partial charge in [0.2, 0.25) is 0 Å². The second-order valence-corrected chi connectivity index (χ2v) is 4.87. The molecule has 0 fully saturated rings. The maximum absolute atomic E-state index is 11.0. The third-order valence-electron chi connectivity index (χ3n) is 2.86. The first-order valence-corrected chi connectivity index (χ1v) is 6.97. The molecule has 0 aliphatic carbocycles. The van der Waals surface area contributed by atoms with Crippen molar-refractivity contribution in [1.82, 2.24) is 9.97 Å². The smallest absolute Gasteiger partial charge is 0.274 e. The zero-order chi connectivity index (χ0) is 15.2. The van der Waals surface area contributed by atoms with E-state index in [0.717, 1.165) is 12.8 Å². The third kappa shape index (κ3) is 4.13. The molecule has 0 spiro atoms. The summed E-state index contributed by atoms with van der Waals surface area (Å²) in [7, 11) is 0. The van der Waals surface area contributed by atoms with Crippen molar-refractivity contribution in [3.05, 3.63) is 57.0 Å². The number of aromatic nitrogens is 2. The molecule has 110 valence electrons. The highest BCUT2D eigenvalue weighted by atomic mass is 35.5. The van der Waals surface area contributed by atoms with E-state index in [2.05, 4.69) is 15.3 Å². The van der Waals surface area contributed by atoms with E-state index in [4.69, 9.17) is 11.6 Å². The van der Waals surface area contributed by atoms with Crippen LogP contribution in [0.5, 0.6) is 0 Å². The van der Waals surface area contributed by atoms with E-state index in [9.17, 15) is 10.1 Å². The summed E-state index contributed by atoms with van der Waals surface area (Å²) in [6, 6.07) is 8.20. The predicted molar refractivity (Wildman–Crippen MR) is 81.5 cm³/mol. The molecule has 2 rings (SSSR count). The Labute approximate surface area is 127 Å². The van der Waals surface area contributed by atoms with Crippen LogP contribution in [0.3, 0.4) is 0 Å². The summed E-state index contributed by atoms with van der Waals surface area (Å²) >= 11 is 5.95. The Balaban J connectivity index is 2.15. The predicted octanol–water partition coefficient (Wildman–Crippen LogP) is 3.60. The van der Waals surface area contributed by atoms with Crippen molar-refractivity contribution in [1.29, 1.82) is 0 Å². The highest BCUT2D eigenvalue weighted by Gasteiger charge is 2.12. The largest absolute Gasteiger partial charge is 0.366 e. The van der Waals surface area contributed by atoms with Gasteiger partial charge in [-0.05, 0) is 6.42 Å². The Morgan fingerprint density at radius 1 is 1.33 bits per heavy atom. The van der Waals surface area contributed by atoms with Gasteiger partial charge in [0.05, 0.1) is 4.92 Å². The van der Waals surface area contributed by atoms with Gasteiger partial charge < -0.3 is 5.32 Å². The number of anilines is 1. The fourth-order valence-corrected chi connectivity index (χ4v) is 2.12. The number of nitro benzene ring substituents is 1. The average molecular weight is 307 g/mol. The maximum atomic E-state index is 11.0. The second-order valence-electron chi connectivity index (χ2n) is 4.48. The van der Waals surface area contributed by atoms with Gasteiger partial charge in [0.1, 0.15) is 16.8 Å². The monoisotopic (exact) mass is 306 g/mol. The Bertz CT molecular complexity index is 649. The van der Waals surface area contributed by atoms with Crippen molar-refractivity contribution < 1.29 is 4.92 Å². The summed E-state index contributed by atoms with van der Waals surface area (Å²) in [5.41, 5.74) is 0.674. The van der Waals surface area contributed by atoms with Crippen molar-refractivity contribution >= 4 is 23.1 Å². The lowest BCUT2D eigenvalue weighted by molar-refractivity contribution is -0.385. The van der Waals surface area contributed by atoms with Crippen LogP contribution in [0, 0.1) is 10.1 Å². The zero-order valence-electron chi connectivity index (χ0n) is 11.5. The van der Waals surface area contributed by atoms with Crippen LogP contribution in [-0.2, 0) is 13.0 Å². The lowest BCUT2D eigenvalue weighted by Crippen LogP contribution is -2.06. The number of halogens is 1. The summed E-state index contributed by atoms with van der Waals surface area (Å²) in [6.07, 6.45) is 1.66. The summed E-state index contributed by atoms with van der Waals surface area (Å²) in [5.74, 6) is 1.23. The fraction of sp³-hybridized carbons (Fsp3) is 0.286. The minimum atomic E-state index is -0.396. The van der Waals surface area contributed by atoms with E-state index in [1.54, 1.807) is 24.3 Å². The lowest BCUT2D eigenvalue weighted by Gasteiger charge is -2.08. The van der Waals surface area contributed by atoms with Crippen molar-refractivity contribution in [2.45, 2.75) is 26.3 Å². The van der Waals surface area contributed by atoms with Crippen LogP contribution in [-0.4, -0.2) is 14.9 Å². The molecule has 1 aromatic heterocycles. The van der Waals surface area contributed by atoms with E-state index in [1.807, 2.05) is 6.92 Å². The average Bonchev–Trinajstić information content (AvgIpc) is 2.45. The van der Waals surface area contributed by atoms with Crippen molar-refractivity contribution in [2.24, 2.45) is 0 Å². The molecule has 0 saturated heterocycles. The number of nitrogens with zero attached hydrogens (tertiary/aromatic N) is 3. The number of rotatable bonds is 6. The van der Waals surface area contributed by atoms with Crippen LogP contribution < -0.4 is 5.32 Å². The Hall–Kier alpha value is -2.21. The molecule has 1 aromatic carbocycles. The van der Waals surface area contributed by atoms with Gasteiger partial charge in [-0.25, -0.2) is 9.97 Å². The van der Waals surface area contributed by atoms with Gasteiger partial charge in [-0.2, -0.15) is 0 Å². The summed E-state index contributed by atoms with van der Waals surface area (Å²) in [4.78, 5) is 19.0. The van der Waals surface area contributed by atoms with Crippen LogP contribution in [0.1, 0.15) is 24.7 Å². The van der Waals surface area contributed by atoms with Gasteiger partial charge in [-0.15, -0.1) is 0 Å². The molecular formula is C14H15ClN4O2. The number of nitro groups is 1. The first-order valence-electron chi connectivity index (χ1n) is 6.59. The quantitative estimate of drug-likeness (QED) is 0.501. The summed E-state index contributed by atoms with van der Waals surface area (Å²) in [5, 5.41) is 14.4. The molecule has 0 atom stereocenters. The molecule has 0 radical (unpaired) electrons. The molecule has 0 aliphatic rings. The molecule has 0 saturated carbocycles. The van der Waals surface area contributed by atoms with Gasteiger partial charge in [0, 0.05) is 30.7 Å². The Kier molecular flexibility index (Phi) is 5.05. The van der Waals surface area contributed by atoms with Crippen molar-refractivity contribution in [2.75, 3.05) is 5.32 Å². The van der Waals surface area contributed by atoms with Gasteiger partial charge in [-0.3, -0.25) is 10.1 Å². The van der Waals surface area contributed by atoms with E-state index in [1.165, 1.54) is 6.07 Å². The molecule has 0 unspecified atom stereocenters. The van der Waals surface area contributed by atoms with E-state index < -0.39 is 4.92 Å². The molecule has 2 aromatic rings. The molecule has 7 heteroatoms. The molecule has 6 nitrogen and oxygen atoms in total. The molecule has 0 aliphatic heterocycles. The topological polar surface area (TPSA) is 81.0 Å². The summed E-state index contributed by atoms with van der Waals surface area (Å²) < 4.78 is 0. The number of hydrogen-bond donors (Lipinski definition) is 1. The number of nitrogens with one attached hydrogen (secondary N) is 1. The lowest BCUT2D eigenvalue weighted by atomic mass is 10.2. The van der Waals surface area contributed by atoms with E-state index in [0.29, 0.717) is 28.9 Å². The highest BCUT2D eigenvalue weighted by Crippen LogP contribution is 2.19. The number of aryl methyl sites for hydroxylation is 1. The van der Waals surface area contributed by atoms with Gasteiger partial charge >= 0.3 is 0 Å². The first kappa shape index (κ1) is 15.2. The van der Waals surface area contributed by atoms with Gasteiger partial charge in [-0.1, -0.05) is 36.7 Å². The molecule has 1 heterocycles. The standard InChI is InChI=1S/C14H15ClN4O2/c1-2-5-13-17-12(15)8-14(18-13)16-9-10-6-3-4-7-11(10)19(20)21/h3-4,6-8H,2,5,9H2,1H3,(H,16,17,18). The van der Waals surface area contributed by atoms with Crippen LogP contribution in [0.15, 0.2) is 30.3 Å². The van der Waals surface area contributed by atoms with Gasteiger partial charge in [0.15, 0.2) is 0 Å². The van der Waals surface area contributed by atoms with Crippen LogP contribution in [0.2, 0.25) is 5.15 Å². The first-order chi connectivity index (χ1) is 10.1. The molecule has 1 N–H and O–H groups in total. The van der Waals surface area contributed by atoms with Crippen LogP contribution in [0.4, 0.5) is 11.5 Å².